The van der Waals surface area contributed by atoms with Crippen molar-refractivity contribution in [2.24, 2.45) is 0 Å². The van der Waals surface area contributed by atoms with Crippen LogP contribution >= 0.6 is 11.3 Å². The quantitative estimate of drug-likeness (QED) is 0.804. The van der Waals surface area contributed by atoms with Crippen molar-refractivity contribution in [3.63, 3.8) is 0 Å². The molecule has 138 valence electrons. The number of carbonyl (C=O) groups is 1. The van der Waals surface area contributed by atoms with Gasteiger partial charge in [0, 0.05) is 24.5 Å². The molecule has 2 aliphatic rings. The third-order valence-electron chi connectivity index (χ3n) is 5.03. The molecule has 2 aromatic rings. The van der Waals surface area contributed by atoms with Gasteiger partial charge < -0.3 is 4.90 Å². The van der Waals surface area contributed by atoms with E-state index in [2.05, 4.69) is 0 Å². The minimum Gasteiger partial charge on any atom is -0.337 e. The van der Waals surface area contributed by atoms with E-state index in [1.165, 1.54) is 27.4 Å². The average molecular weight is 394 g/mol. The van der Waals surface area contributed by atoms with E-state index in [4.69, 9.17) is 0 Å². The van der Waals surface area contributed by atoms with Crippen molar-refractivity contribution < 1.29 is 17.6 Å². The molecule has 0 spiro atoms. The summed E-state index contributed by atoms with van der Waals surface area (Å²) < 4.78 is 41.1. The molecule has 1 aromatic carbocycles. The molecule has 1 saturated heterocycles. The zero-order valence-electron chi connectivity index (χ0n) is 14.1. The molecular weight excluding hydrogens is 375 g/mol. The highest BCUT2D eigenvalue weighted by atomic mass is 32.2. The number of thiophene rings is 1. The molecular formula is C18H19FN2O3S2. The summed E-state index contributed by atoms with van der Waals surface area (Å²) in [6.07, 6.45) is 1.87. The third-order valence-corrected chi connectivity index (χ3v) is 8.00. The summed E-state index contributed by atoms with van der Waals surface area (Å²) >= 11 is 1.69. The van der Waals surface area contributed by atoms with Gasteiger partial charge in [-0.1, -0.05) is 12.1 Å². The molecule has 1 aromatic heterocycles. The molecule has 8 heteroatoms. The maximum absolute atomic E-state index is 14.1. The number of carbonyl (C=O) groups excluding carboxylic acids is 1. The van der Waals surface area contributed by atoms with Crippen LogP contribution in [0, 0.1) is 5.82 Å². The van der Waals surface area contributed by atoms with Crippen molar-refractivity contribution in [2.45, 2.75) is 36.7 Å². The zero-order valence-corrected chi connectivity index (χ0v) is 15.7. The van der Waals surface area contributed by atoms with Crippen LogP contribution in [0.15, 0.2) is 40.6 Å². The Hall–Kier alpha value is -1.77. The smallest absolute Gasteiger partial charge is 0.246 e. The minimum absolute atomic E-state index is 0.181. The molecule has 3 heterocycles. The van der Waals surface area contributed by atoms with E-state index in [0.29, 0.717) is 25.9 Å². The Morgan fingerprint density at radius 3 is 2.81 bits per heavy atom. The number of halogens is 1. The number of sulfonamides is 1. The maximum Gasteiger partial charge on any atom is 0.246 e. The van der Waals surface area contributed by atoms with Gasteiger partial charge in [0.25, 0.3) is 0 Å². The van der Waals surface area contributed by atoms with Crippen molar-refractivity contribution in [1.29, 1.82) is 0 Å². The van der Waals surface area contributed by atoms with Crippen LogP contribution in [0.2, 0.25) is 0 Å². The average Bonchev–Trinajstić information content (AvgIpc) is 3.30. The van der Waals surface area contributed by atoms with Crippen LogP contribution in [0.1, 0.15) is 23.3 Å². The molecule has 0 saturated carbocycles. The third kappa shape index (κ3) is 2.95. The number of amides is 1. The highest BCUT2D eigenvalue weighted by Gasteiger charge is 2.42. The second-order valence-corrected chi connectivity index (χ2v) is 9.44. The Bertz CT molecular complexity index is 941. The molecule has 0 N–H and O–H groups in total. The van der Waals surface area contributed by atoms with Crippen molar-refractivity contribution >= 4 is 27.3 Å². The molecule has 1 atom stereocenters. The van der Waals surface area contributed by atoms with Crippen LogP contribution in [-0.4, -0.2) is 42.7 Å². The summed E-state index contributed by atoms with van der Waals surface area (Å²) in [5.74, 6) is -0.967. The lowest BCUT2D eigenvalue weighted by Gasteiger charge is -2.32. The lowest BCUT2D eigenvalue weighted by atomic mass is 10.1. The van der Waals surface area contributed by atoms with Crippen molar-refractivity contribution in [3.8, 4) is 0 Å². The molecule has 1 fully saturated rings. The maximum atomic E-state index is 14.1. The van der Waals surface area contributed by atoms with E-state index in [1.807, 2.05) is 11.4 Å². The van der Waals surface area contributed by atoms with Gasteiger partial charge in [-0.25, -0.2) is 12.8 Å². The van der Waals surface area contributed by atoms with Crippen molar-refractivity contribution in [3.05, 3.63) is 52.0 Å². The summed E-state index contributed by atoms with van der Waals surface area (Å²) in [6.45, 7) is 1.35. The van der Waals surface area contributed by atoms with Gasteiger partial charge in [-0.15, -0.1) is 11.3 Å². The number of hydrogen-bond acceptors (Lipinski definition) is 4. The standard InChI is InChI=1S/C18H19FN2O3S2/c19-14-4-1-2-6-17(14)26(23,24)21-9-3-5-15(21)18(22)20-10-7-16-13(12-20)8-11-25-16/h1-2,4,6,8,11,15H,3,5,7,9-10,12H2. The molecule has 2 aliphatic heterocycles. The van der Waals surface area contributed by atoms with E-state index in [1.54, 1.807) is 16.2 Å². The summed E-state index contributed by atoms with van der Waals surface area (Å²) in [5, 5.41) is 2.02. The summed E-state index contributed by atoms with van der Waals surface area (Å²) in [5.41, 5.74) is 1.14. The van der Waals surface area contributed by atoms with Gasteiger partial charge >= 0.3 is 0 Å². The Balaban J connectivity index is 1.59. The van der Waals surface area contributed by atoms with Crippen LogP contribution < -0.4 is 0 Å². The number of hydrogen-bond donors (Lipinski definition) is 0. The Morgan fingerprint density at radius 2 is 2.00 bits per heavy atom. The van der Waals surface area contributed by atoms with E-state index >= 15 is 0 Å². The first-order valence-electron chi connectivity index (χ1n) is 8.59. The van der Waals surface area contributed by atoms with E-state index in [9.17, 15) is 17.6 Å². The zero-order chi connectivity index (χ0) is 18.3. The first-order valence-corrected chi connectivity index (χ1v) is 10.9. The van der Waals surface area contributed by atoms with Crippen LogP contribution in [0.4, 0.5) is 4.39 Å². The number of fused-ring (bicyclic) bond motifs is 1. The van der Waals surface area contributed by atoms with Crippen LogP contribution in [0.25, 0.3) is 0 Å². The van der Waals surface area contributed by atoms with Gasteiger partial charge in [0.05, 0.1) is 0 Å². The van der Waals surface area contributed by atoms with E-state index < -0.39 is 21.9 Å². The number of nitrogens with zero attached hydrogens (tertiary/aromatic N) is 2. The van der Waals surface area contributed by atoms with Crippen LogP contribution in [-0.2, 0) is 27.8 Å². The summed E-state index contributed by atoms with van der Waals surface area (Å²) in [6, 6.07) is 6.59. The van der Waals surface area contributed by atoms with Gasteiger partial charge in [0.15, 0.2) is 0 Å². The SMILES string of the molecule is O=C(C1CCCN1S(=O)(=O)c1ccccc1F)N1CCc2sccc2C1. The lowest BCUT2D eigenvalue weighted by Crippen LogP contribution is -2.48. The Kier molecular flexibility index (Phi) is 4.58. The van der Waals surface area contributed by atoms with Crippen LogP contribution in [0.5, 0.6) is 0 Å². The highest BCUT2D eigenvalue weighted by molar-refractivity contribution is 7.89. The highest BCUT2D eigenvalue weighted by Crippen LogP contribution is 2.30. The van der Waals surface area contributed by atoms with Gasteiger partial charge in [-0.2, -0.15) is 4.31 Å². The topological polar surface area (TPSA) is 57.7 Å². The van der Waals surface area contributed by atoms with E-state index in [-0.39, 0.29) is 17.3 Å². The van der Waals surface area contributed by atoms with Gasteiger partial charge in [0.1, 0.15) is 16.8 Å². The largest absolute Gasteiger partial charge is 0.337 e. The molecule has 0 radical (unpaired) electrons. The Morgan fingerprint density at radius 1 is 1.19 bits per heavy atom. The van der Waals surface area contributed by atoms with E-state index in [0.717, 1.165) is 18.1 Å². The van der Waals surface area contributed by atoms with Gasteiger partial charge in [-0.3, -0.25) is 4.79 Å². The number of benzene rings is 1. The Labute approximate surface area is 156 Å². The molecule has 1 amide bonds. The predicted molar refractivity (Wildman–Crippen MR) is 96.8 cm³/mol. The number of rotatable bonds is 3. The molecule has 1 unspecified atom stereocenters. The molecule has 0 aliphatic carbocycles. The first-order chi connectivity index (χ1) is 12.5. The minimum atomic E-state index is -4.04. The van der Waals surface area contributed by atoms with Crippen molar-refractivity contribution in [1.82, 2.24) is 9.21 Å². The second-order valence-electron chi connectivity index (χ2n) is 6.58. The monoisotopic (exact) mass is 394 g/mol. The lowest BCUT2D eigenvalue weighted by molar-refractivity contribution is -0.135. The predicted octanol–water partition coefficient (Wildman–Crippen LogP) is 2.63. The fraction of sp³-hybridized carbons (Fsp3) is 0.389. The normalized spacial score (nSPS) is 21.0. The molecule has 5 nitrogen and oxygen atoms in total. The summed E-state index contributed by atoms with van der Waals surface area (Å²) in [4.78, 5) is 15.7. The molecule has 0 bridgehead atoms. The first kappa shape index (κ1) is 17.6. The second kappa shape index (κ2) is 6.75. The molecule has 4 rings (SSSR count). The molecule has 26 heavy (non-hydrogen) atoms. The van der Waals surface area contributed by atoms with Gasteiger partial charge in [0.2, 0.25) is 15.9 Å². The van der Waals surface area contributed by atoms with Crippen LogP contribution in [0.3, 0.4) is 0 Å². The summed E-state index contributed by atoms with van der Waals surface area (Å²) in [7, 11) is -4.04. The van der Waals surface area contributed by atoms with Crippen molar-refractivity contribution in [2.75, 3.05) is 13.1 Å². The van der Waals surface area contributed by atoms with Gasteiger partial charge in [-0.05, 0) is 48.4 Å². The fourth-order valence-corrected chi connectivity index (χ4v) is 6.31. The fourth-order valence-electron chi connectivity index (χ4n) is 3.70.